The molecule has 0 amide bonds. The van der Waals surface area contributed by atoms with E-state index >= 15 is 0 Å². The van der Waals surface area contributed by atoms with Gasteiger partial charge in [-0.15, -0.1) is 0 Å². The van der Waals surface area contributed by atoms with E-state index in [4.69, 9.17) is 10.5 Å². The molecule has 0 saturated heterocycles. The number of nitrogens with two attached hydrogens (primary N) is 1. The minimum atomic E-state index is -0.841. The highest BCUT2D eigenvalue weighted by Gasteiger charge is 2.06. The van der Waals surface area contributed by atoms with Crippen LogP contribution in [0.15, 0.2) is 18.2 Å². The van der Waals surface area contributed by atoms with Crippen molar-refractivity contribution in [2.75, 3.05) is 13.7 Å². The van der Waals surface area contributed by atoms with Gasteiger partial charge in [-0.25, -0.2) is 8.78 Å². The highest BCUT2D eigenvalue weighted by Crippen LogP contribution is 2.10. The van der Waals surface area contributed by atoms with E-state index in [2.05, 4.69) is 0 Å². The van der Waals surface area contributed by atoms with Crippen molar-refractivity contribution in [2.45, 2.75) is 12.5 Å². The molecule has 1 aromatic rings. The summed E-state index contributed by atoms with van der Waals surface area (Å²) in [4.78, 5) is 0. The van der Waals surface area contributed by atoms with Gasteiger partial charge in [0.15, 0.2) is 11.6 Å². The first-order chi connectivity index (χ1) is 6.63. The summed E-state index contributed by atoms with van der Waals surface area (Å²) in [5.41, 5.74) is 6.34. The van der Waals surface area contributed by atoms with Crippen LogP contribution in [-0.2, 0) is 11.2 Å². The molecule has 0 radical (unpaired) electrons. The Balaban J connectivity index is 2.63. The standard InChI is InChI=1S/C10H13F2NO/c1-14-6-8(13)4-7-2-3-9(11)10(12)5-7/h2-3,5,8H,4,6,13H2,1H3. The number of hydrogen-bond acceptors (Lipinski definition) is 2. The molecule has 0 bridgehead atoms. The van der Waals surface area contributed by atoms with E-state index < -0.39 is 11.6 Å². The van der Waals surface area contributed by atoms with Crippen molar-refractivity contribution < 1.29 is 13.5 Å². The molecule has 0 aliphatic carbocycles. The van der Waals surface area contributed by atoms with Crippen LogP contribution in [0.3, 0.4) is 0 Å². The smallest absolute Gasteiger partial charge is 0.159 e. The Kier molecular flexibility index (Phi) is 3.98. The van der Waals surface area contributed by atoms with Crippen molar-refractivity contribution >= 4 is 0 Å². The summed E-state index contributed by atoms with van der Waals surface area (Å²) in [6, 6.07) is 3.59. The zero-order chi connectivity index (χ0) is 10.6. The van der Waals surface area contributed by atoms with E-state index in [0.717, 1.165) is 12.1 Å². The van der Waals surface area contributed by atoms with Crippen LogP contribution in [0.5, 0.6) is 0 Å². The first-order valence-corrected chi connectivity index (χ1v) is 4.32. The van der Waals surface area contributed by atoms with Gasteiger partial charge in [-0.3, -0.25) is 0 Å². The predicted octanol–water partition coefficient (Wildman–Crippen LogP) is 1.48. The fourth-order valence-electron chi connectivity index (χ4n) is 1.24. The predicted molar refractivity (Wildman–Crippen MR) is 49.9 cm³/mol. The average molecular weight is 201 g/mol. The van der Waals surface area contributed by atoms with Crippen LogP contribution in [0.2, 0.25) is 0 Å². The third-order valence-corrected chi connectivity index (χ3v) is 1.86. The van der Waals surface area contributed by atoms with Crippen molar-refractivity contribution in [3.05, 3.63) is 35.4 Å². The molecule has 0 fully saturated rings. The van der Waals surface area contributed by atoms with Gasteiger partial charge in [-0.05, 0) is 24.1 Å². The monoisotopic (exact) mass is 201 g/mol. The van der Waals surface area contributed by atoms with E-state index in [-0.39, 0.29) is 6.04 Å². The minimum Gasteiger partial charge on any atom is -0.383 e. The summed E-state index contributed by atoms with van der Waals surface area (Å²) in [6.45, 7) is 0.402. The Hall–Kier alpha value is -1.00. The molecular formula is C10H13F2NO. The highest BCUT2D eigenvalue weighted by molar-refractivity contribution is 5.18. The van der Waals surface area contributed by atoms with Gasteiger partial charge in [0.25, 0.3) is 0 Å². The Morgan fingerprint density at radius 3 is 2.64 bits per heavy atom. The van der Waals surface area contributed by atoms with Crippen LogP contribution in [0, 0.1) is 11.6 Å². The highest BCUT2D eigenvalue weighted by atomic mass is 19.2. The topological polar surface area (TPSA) is 35.2 Å². The van der Waals surface area contributed by atoms with Crippen molar-refractivity contribution in [1.82, 2.24) is 0 Å². The summed E-state index contributed by atoms with van der Waals surface area (Å²) in [5, 5.41) is 0. The van der Waals surface area contributed by atoms with Crippen molar-refractivity contribution in [3.63, 3.8) is 0 Å². The molecule has 2 N–H and O–H groups in total. The number of hydrogen-bond donors (Lipinski definition) is 1. The fourth-order valence-corrected chi connectivity index (χ4v) is 1.24. The SMILES string of the molecule is COCC(N)Cc1ccc(F)c(F)c1. The van der Waals surface area contributed by atoms with Crippen molar-refractivity contribution in [3.8, 4) is 0 Å². The number of benzene rings is 1. The quantitative estimate of drug-likeness (QED) is 0.800. The molecular weight excluding hydrogens is 188 g/mol. The second kappa shape index (κ2) is 5.02. The van der Waals surface area contributed by atoms with Crippen LogP contribution in [0.25, 0.3) is 0 Å². The van der Waals surface area contributed by atoms with Crippen LogP contribution in [0.4, 0.5) is 8.78 Å². The van der Waals surface area contributed by atoms with Gasteiger partial charge in [0, 0.05) is 13.2 Å². The molecule has 1 rings (SSSR count). The van der Waals surface area contributed by atoms with E-state index in [0.29, 0.717) is 18.6 Å². The minimum absolute atomic E-state index is 0.190. The Morgan fingerprint density at radius 1 is 1.36 bits per heavy atom. The van der Waals surface area contributed by atoms with Gasteiger partial charge < -0.3 is 10.5 Å². The number of methoxy groups -OCH3 is 1. The molecule has 14 heavy (non-hydrogen) atoms. The van der Waals surface area contributed by atoms with E-state index in [1.54, 1.807) is 7.11 Å². The third-order valence-electron chi connectivity index (χ3n) is 1.86. The lowest BCUT2D eigenvalue weighted by Gasteiger charge is -2.10. The van der Waals surface area contributed by atoms with Gasteiger partial charge in [0.1, 0.15) is 0 Å². The first-order valence-electron chi connectivity index (χ1n) is 4.32. The van der Waals surface area contributed by atoms with Gasteiger partial charge in [-0.1, -0.05) is 6.07 Å². The lowest BCUT2D eigenvalue weighted by Crippen LogP contribution is -2.28. The van der Waals surface area contributed by atoms with Crippen molar-refractivity contribution in [1.29, 1.82) is 0 Å². The molecule has 4 heteroatoms. The average Bonchev–Trinajstić information content (AvgIpc) is 2.12. The Bertz CT molecular complexity index is 304. The van der Waals surface area contributed by atoms with E-state index in [1.165, 1.54) is 6.07 Å². The lowest BCUT2D eigenvalue weighted by atomic mass is 10.1. The zero-order valence-corrected chi connectivity index (χ0v) is 7.97. The Labute approximate surface area is 81.7 Å². The molecule has 1 atom stereocenters. The molecule has 0 aliphatic rings. The summed E-state index contributed by atoms with van der Waals surface area (Å²) in [7, 11) is 1.55. The van der Waals surface area contributed by atoms with Gasteiger partial charge in [0.05, 0.1) is 6.61 Å². The first kappa shape index (κ1) is 11.1. The summed E-state index contributed by atoms with van der Waals surface area (Å²) < 4.78 is 30.2. The largest absolute Gasteiger partial charge is 0.383 e. The van der Waals surface area contributed by atoms with E-state index in [1.807, 2.05) is 0 Å². The van der Waals surface area contributed by atoms with E-state index in [9.17, 15) is 8.78 Å². The summed E-state index contributed by atoms with van der Waals surface area (Å²) in [6.07, 6.45) is 0.477. The molecule has 1 aromatic carbocycles. The second-order valence-electron chi connectivity index (χ2n) is 3.17. The molecule has 0 aromatic heterocycles. The maximum Gasteiger partial charge on any atom is 0.159 e. The fraction of sp³-hybridized carbons (Fsp3) is 0.400. The number of halogens is 2. The van der Waals surface area contributed by atoms with Crippen molar-refractivity contribution in [2.24, 2.45) is 5.73 Å². The molecule has 0 heterocycles. The number of ether oxygens (including phenoxy) is 1. The molecule has 2 nitrogen and oxygen atoms in total. The van der Waals surface area contributed by atoms with Crippen LogP contribution >= 0.6 is 0 Å². The molecule has 0 saturated carbocycles. The molecule has 78 valence electrons. The molecule has 0 aliphatic heterocycles. The maximum atomic E-state index is 12.8. The molecule has 0 spiro atoms. The van der Waals surface area contributed by atoms with Gasteiger partial charge in [-0.2, -0.15) is 0 Å². The summed E-state index contributed by atoms with van der Waals surface area (Å²) in [5.74, 6) is -1.68. The van der Waals surface area contributed by atoms with Gasteiger partial charge in [0.2, 0.25) is 0 Å². The molecule has 1 unspecified atom stereocenters. The lowest BCUT2D eigenvalue weighted by molar-refractivity contribution is 0.180. The number of rotatable bonds is 4. The third kappa shape index (κ3) is 3.05. The summed E-state index contributed by atoms with van der Waals surface area (Å²) >= 11 is 0. The Morgan fingerprint density at radius 2 is 2.07 bits per heavy atom. The normalized spacial score (nSPS) is 12.9. The van der Waals surface area contributed by atoms with Crippen LogP contribution in [-0.4, -0.2) is 19.8 Å². The van der Waals surface area contributed by atoms with Gasteiger partial charge >= 0.3 is 0 Å². The van der Waals surface area contributed by atoms with Crippen LogP contribution < -0.4 is 5.73 Å². The van der Waals surface area contributed by atoms with Crippen LogP contribution in [0.1, 0.15) is 5.56 Å². The second-order valence-corrected chi connectivity index (χ2v) is 3.17. The zero-order valence-electron chi connectivity index (χ0n) is 7.97. The maximum absolute atomic E-state index is 12.8.